The van der Waals surface area contributed by atoms with Crippen molar-refractivity contribution in [1.82, 2.24) is 9.88 Å². The first-order valence-electron chi connectivity index (χ1n) is 9.31. The third-order valence-corrected chi connectivity index (χ3v) is 4.86. The molecule has 0 radical (unpaired) electrons. The molecular weight excluding hydrogens is 376 g/mol. The second kappa shape index (κ2) is 9.13. The number of piperidine rings is 1. The number of pyridine rings is 1. The summed E-state index contributed by atoms with van der Waals surface area (Å²) in [5.41, 5.74) is 0.802. The summed E-state index contributed by atoms with van der Waals surface area (Å²) in [6.45, 7) is 2.59. The minimum Gasteiger partial charge on any atom is -0.484 e. The van der Waals surface area contributed by atoms with E-state index in [0.29, 0.717) is 31.7 Å². The molecule has 0 aliphatic carbocycles. The molecule has 0 bridgehead atoms. The van der Waals surface area contributed by atoms with Gasteiger partial charge in [0.05, 0.1) is 11.0 Å². The zero-order chi connectivity index (χ0) is 20.8. The Hall–Kier alpha value is -3.49. The van der Waals surface area contributed by atoms with Crippen molar-refractivity contribution in [2.75, 3.05) is 25.0 Å². The zero-order valence-corrected chi connectivity index (χ0v) is 16.0. The van der Waals surface area contributed by atoms with Gasteiger partial charge in [0.15, 0.2) is 6.61 Å². The lowest BCUT2D eigenvalue weighted by atomic mass is 9.96. The highest BCUT2D eigenvalue weighted by molar-refractivity contribution is 5.92. The molecule has 9 nitrogen and oxygen atoms in total. The van der Waals surface area contributed by atoms with Crippen LogP contribution in [0.4, 0.5) is 11.5 Å². The third kappa shape index (κ3) is 5.28. The highest BCUT2D eigenvalue weighted by Crippen LogP contribution is 2.21. The number of nitrogens with zero attached hydrogens (tertiary/aromatic N) is 3. The van der Waals surface area contributed by atoms with Crippen LogP contribution in [0.2, 0.25) is 0 Å². The van der Waals surface area contributed by atoms with Gasteiger partial charge in [0, 0.05) is 31.3 Å². The van der Waals surface area contributed by atoms with Crippen molar-refractivity contribution in [2.45, 2.75) is 19.8 Å². The van der Waals surface area contributed by atoms with E-state index in [-0.39, 0.29) is 35.8 Å². The molecular formula is C20H22N4O5. The predicted molar refractivity (Wildman–Crippen MR) is 105 cm³/mol. The van der Waals surface area contributed by atoms with E-state index < -0.39 is 4.92 Å². The maximum Gasteiger partial charge on any atom is 0.273 e. The summed E-state index contributed by atoms with van der Waals surface area (Å²) in [7, 11) is 0. The van der Waals surface area contributed by atoms with E-state index in [0.717, 1.165) is 5.56 Å². The molecule has 1 aromatic carbocycles. The quantitative estimate of drug-likeness (QED) is 0.591. The Kier molecular flexibility index (Phi) is 6.38. The van der Waals surface area contributed by atoms with E-state index in [4.69, 9.17) is 4.74 Å². The highest BCUT2D eigenvalue weighted by Gasteiger charge is 2.28. The second-order valence-corrected chi connectivity index (χ2v) is 6.86. The molecule has 2 heterocycles. The maximum absolute atomic E-state index is 12.5. The normalized spacial score (nSPS) is 14.3. The van der Waals surface area contributed by atoms with E-state index in [1.165, 1.54) is 18.2 Å². The second-order valence-electron chi connectivity index (χ2n) is 6.86. The molecule has 152 valence electrons. The Morgan fingerprint density at radius 3 is 2.72 bits per heavy atom. The first kappa shape index (κ1) is 20.2. The van der Waals surface area contributed by atoms with Crippen molar-refractivity contribution in [3.63, 3.8) is 0 Å². The van der Waals surface area contributed by atoms with Crippen LogP contribution >= 0.6 is 0 Å². The van der Waals surface area contributed by atoms with Crippen LogP contribution in [0.5, 0.6) is 5.75 Å². The molecule has 1 saturated heterocycles. The van der Waals surface area contributed by atoms with Gasteiger partial charge in [-0.1, -0.05) is 12.1 Å². The Balaban J connectivity index is 1.47. The van der Waals surface area contributed by atoms with Gasteiger partial charge in [0.1, 0.15) is 11.6 Å². The van der Waals surface area contributed by atoms with Crippen LogP contribution in [-0.2, 0) is 9.59 Å². The fourth-order valence-electron chi connectivity index (χ4n) is 3.15. The van der Waals surface area contributed by atoms with Crippen LogP contribution < -0.4 is 10.1 Å². The number of nitrogens with one attached hydrogen (secondary N) is 1. The molecule has 0 spiro atoms. The monoisotopic (exact) mass is 398 g/mol. The summed E-state index contributed by atoms with van der Waals surface area (Å²) in [5.74, 6) is 0.342. The number of carbonyl (C=O) groups excluding carboxylic acids is 2. The van der Waals surface area contributed by atoms with Crippen molar-refractivity contribution in [3.05, 3.63) is 58.3 Å². The summed E-state index contributed by atoms with van der Waals surface area (Å²) in [6.07, 6.45) is 2.74. The maximum atomic E-state index is 12.5. The number of likely N-dealkylation sites (tertiary alicyclic amines) is 1. The van der Waals surface area contributed by atoms with Crippen molar-refractivity contribution in [1.29, 1.82) is 0 Å². The fourth-order valence-corrected chi connectivity index (χ4v) is 3.15. The van der Waals surface area contributed by atoms with E-state index in [1.54, 1.807) is 17.2 Å². The molecule has 2 amide bonds. The summed E-state index contributed by atoms with van der Waals surface area (Å²) in [4.78, 5) is 40.9. The van der Waals surface area contributed by atoms with E-state index >= 15 is 0 Å². The first-order valence-corrected chi connectivity index (χ1v) is 9.31. The molecule has 1 fully saturated rings. The van der Waals surface area contributed by atoms with Crippen LogP contribution in [-0.4, -0.2) is 46.3 Å². The largest absolute Gasteiger partial charge is 0.484 e. The highest BCUT2D eigenvalue weighted by atomic mass is 16.6. The molecule has 1 aromatic heterocycles. The molecule has 0 saturated carbocycles. The van der Waals surface area contributed by atoms with Gasteiger partial charge in [-0.15, -0.1) is 0 Å². The lowest BCUT2D eigenvalue weighted by Gasteiger charge is -2.31. The number of benzene rings is 1. The number of ether oxygens (including phenoxy) is 1. The topological polar surface area (TPSA) is 115 Å². The lowest BCUT2D eigenvalue weighted by molar-refractivity contribution is -0.384. The molecule has 9 heteroatoms. The van der Waals surface area contributed by atoms with Gasteiger partial charge in [0.2, 0.25) is 5.91 Å². The number of aryl methyl sites for hydroxylation is 1. The number of anilines is 1. The number of non-ortho nitro benzene ring substituents is 1. The van der Waals surface area contributed by atoms with Crippen molar-refractivity contribution in [3.8, 4) is 5.75 Å². The van der Waals surface area contributed by atoms with Gasteiger partial charge in [-0.3, -0.25) is 19.7 Å². The standard InChI is InChI=1S/C20H22N4O5/c1-14-4-3-9-21-19(14)22-20(26)15-7-10-23(11-8-15)18(25)13-29-17-6-2-5-16(12-17)24(27)28/h2-6,9,12,15H,7-8,10-11,13H2,1H3,(H,21,22,26). The number of nitro groups is 1. The summed E-state index contributed by atoms with van der Waals surface area (Å²) >= 11 is 0. The SMILES string of the molecule is Cc1cccnc1NC(=O)C1CCN(C(=O)COc2cccc([N+](=O)[O-])c2)CC1. The average molecular weight is 398 g/mol. The van der Waals surface area contributed by atoms with Crippen molar-refractivity contribution in [2.24, 2.45) is 5.92 Å². The van der Waals surface area contributed by atoms with E-state index in [1.807, 2.05) is 19.1 Å². The Morgan fingerprint density at radius 2 is 2.03 bits per heavy atom. The van der Waals surface area contributed by atoms with Crippen molar-refractivity contribution < 1.29 is 19.2 Å². The summed E-state index contributed by atoms with van der Waals surface area (Å²) in [5, 5.41) is 13.6. The molecule has 3 rings (SSSR count). The van der Waals surface area contributed by atoms with Gasteiger partial charge >= 0.3 is 0 Å². The van der Waals surface area contributed by atoms with Gasteiger partial charge in [0.25, 0.3) is 11.6 Å². The number of hydrogen-bond donors (Lipinski definition) is 1. The van der Waals surface area contributed by atoms with Crippen LogP contribution in [0.15, 0.2) is 42.6 Å². The van der Waals surface area contributed by atoms with Gasteiger partial charge in [-0.2, -0.15) is 0 Å². The lowest BCUT2D eigenvalue weighted by Crippen LogP contribution is -2.43. The fraction of sp³-hybridized carbons (Fsp3) is 0.350. The smallest absolute Gasteiger partial charge is 0.273 e. The van der Waals surface area contributed by atoms with Gasteiger partial charge < -0.3 is 15.0 Å². The molecule has 0 unspecified atom stereocenters. The number of nitro benzene ring substituents is 1. The number of hydrogen-bond acceptors (Lipinski definition) is 6. The van der Waals surface area contributed by atoms with Crippen LogP contribution in [0, 0.1) is 23.0 Å². The number of rotatable bonds is 6. The Morgan fingerprint density at radius 1 is 1.28 bits per heavy atom. The summed E-state index contributed by atoms with van der Waals surface area (Å²) < 4.78 is 5.40. The molecule has 1 N–H and O–H groups in total. The minimum absolute atomic E-state index is 0.0910. The van der Waals surface area contributed by atoms with Crippen LogP contribution in [0.25, 0.3) is 0 Å². The number of carbonyl (C=O) groups is 2. The Labute approximate surface area is 167 Å². The minimum atomic E-state index is -0.517. The van der Waals surface area contributed by atoms with Crippen LogP contribution in [0.3, 0.4) is 0 Å². The zero-order valence-electron chi connectivity index (χ0n) is 16.0. The molecule has 29 heavy (non-hydrogen) atoms. The molecule has 1 aliphatic heterocycles. The van der Waals surface area contributed by atoms with Gasteiger partial charge in [-0.05, 0) is 37.5 Å². The third-order valence-electron chi connectivity index (χ3n) is 4.86. The predicted octanol–water partition coefficient (Wildman–Crippen LogP) is 2.55. The number of amides is 2. The van der Waals surface area contributed by atoms with E-state index in [2.05, 4.69) is 10.3 Å². The molecule has 0 atom stereocenters. The first-order chi connectivity index (χ1) is 13.9. The number of aromatic nitrogens is 1. The molecule has 2 aromatic rings. The summed E-state index contributed by atoms with van der Waals surface area (Å²) in [6, 6.07) is 9.40. The Bertz CT molecular complexity index is 909. The van der Waals surface area contributed by atoms with E-state index in [9.17, 15) is 19.7 Å². The van der Waals surface area contributed by atoms with Crippen molar-refractivity contribution >= 4 is 23.3 Å². The molecule has 1 aliphatic rings. The van der Waals surface area contributed by atoms with Crippen LogP contribution in [0.1, 0.15) is 18.4 Å². The average Bonchev–Trinajstić information content (AvgIpc) is 2.74. The van der Waals surface area contributed by atoms with Gasteiger partial charge in [-0.25, -0.2) is 4.98 Å².